The maximum absolute atomic E-state index is 5.34. The van der Waals surface area contributed by atoms with E-state index in [0.717, 1.165) is 10.6 Å². The second-order valence-corrected chi connectivity index (χ2v) is 4.91. The van der Waals surface area contributed by atoms with Crippen LogP contribution in [0.2, 0.25) is 0 Å². The number of H-pyrrole nitrogens is 1. The lowest BCUT2D eigenvalue weighted by Crippen LogP contribution is -2.15. The molecule has 5 nitrogen and oxygen atoms in total. The van der Waals surface area contributed by atoms with Gasteiger partial charge < -0.3 is 14.1 Å². The fraction of sp³-hybridized carbons (Fsp3) is 0.545. The molecule has 0 bridgehead atoms. The van der Waals surface area contributed by atoms with Gasteiger partial charge in [-0.05, 0) is 25.1 Å². The van der Waals surface area contributed by atoms with Crippen molar-refractivity contribution in [2.75, 3.05) is 0 Å². The summed E-state index contributed by atoms with van der Waals surface area (Å²) >= 11 is 5.34. The lowest BCUT2D eigenvalue weighted by molar-refractivity contribution is 0.536. The van der Waals surface area contributed by atoms with E-state index in [9.17, 15) is 0 Å². The average molecular weight is 251 g/mol. The summed E-state index contributed by atoms with van der Waals surface area (Å²) in [4.78, 5) is 3.10. The second-order valence-electron chi connectivity index (χ2n) is 4.52. The van der Waals surface area contributed by atoms with Gasteiger partial charge in [0.05, 0.1) is 6.04 Å². The van der Waals surface area contributed by atoms with Gasteiger partial charge in [-0.25, -0.2) is 0 Å². The lowest BCUT2D eigenvalue weighted by atomic mass is 10.1. The van der Waals surface area contributed by atoms with E-state index in [1.165, 1.54) is 5.69 Å². The summed E-state index contributed by atoms with van der Waals surface area (Å²) in [7, 11) is 1.94. The summed E-state index contributed by atoms with van der Waals surface area (Å²) in [6.07, 6.45) is 3.68. The molecule has 0 fully saturated rings. The normalized spacial score (nSPS) is 13.2. The SMILES string of the molecule is CC(C)c1c[nH]c(=S)n1C(C)c1nncn1C. The molecule has 0 saturated heterocycles. The number of rotatable bonds is 3. The maximum atomic E-state index is 5.34. The Morgan fingerprint density at radius 2 is 2.06 bits per heavy atom. The number of aryl methyl sites for hydroxylation is 1. The Bertz CT molecular complexity index is 562. The molecule has 2 rings (SSSR count). The Morgan fingerprint density at radius 3 is 2.59 bits per heavy atom. The van der Waals surface area contributed by atoms with Crippen molar-refractivity contribution < 1.29 is 0 Å². The van der Waals surface area contributed by atoms with E-state index in [1.807, 2.05) is 17.8 Å². The largest absolute Gasteiger partial charge is 0.337 e. The predicted octanol–water partition coefficient (Wildman–Crippen LogP) is 2.41. The van der Waals surface area contributed by atoms with Crippen LogP contribution in [0.25, 0.3) is 0 Å². The number of imidazole rings is 1. The lowest BCUT2D eigenvalue weighted by Gasteiger charge is -2.17. The van der Waals surface area contributed by atoms with Crippen molar-refractivity contribution in [2.45, 2.75) is 32.7 Å². The van der Waals surface area contributed by atoms with Gasteiger partial charge in [0.1, 0.15) is 6.33 Å². The highest BCUT2D eigenvalue weighted by Gasteiger charge is 2.18. The summed E-state index contributed by atoms with van der Waals surface area (Å²) in [6.45, 7) is 6.38. The first kappa shape index (κ1) is 12.0. The van der Waals surface area contributed by atoms with Crippen LogP contribution in [0.15, 0.2) is 12.5 Å². The van der Waals surface area contributed by atoms with Gasteiger partial charge >= 0.3 is 0 Å². The van der Waals surface area contributed by atoms with Crippen molar-refractivity contribution in [1.82, 2.24) is 24.3 Å². The third-order valence-electron chi connectivity index (χ3n) is 2.94. The first-order valence-corrected chi connectivity index (χ1v) is 6.07. The summed E-state index contributed by atoms with van der Waals surface area (Å²) < 4.78 is 4.75. The highest BCUT2D eigenvalue weighted by Crippen LogP contribution is 2.22. The molecule has 0 aliphatic carbocycles. The smallest absolute Gasteiger partial charge is 0.178 e. The Labute approximate surface area is 106 Å². The molecule has 92 valence electrons. The van der Waals surface area contributed by atoms with E-state index in [-0.39, 0.29) is 6.04 Å². The molecule has 2 aromatic heterocycles. The van der Waals surface area contributed by atoms with Crippen LogP contribution in [0.5, 0.6) is 0 Å². The molecule has 0 radical (unpaired) electrons. The van der Waals surface area contributed by atoms with E-state index < -0.39 is 0 Å². The van der Waals surface area contributed by atoms with Crippen molar-refractivity contribution in [2.24, 2.45) is 7.05 Å². The number of hydrogen-bond acceptors (Lipinski definition) is 3. The topological polar surface area (TPSA) is 51.4 Å². The van der Waals surface area contributed by atoms with E-state index in [2.05, 4.69) is 40.5 Å². The van der Waals surface area contributed by atoms with Gasteiger partial charge in [-0.2, -0.15) is 0 Å². The molecular weight excluding hydrogens is 234 g/mol. The Kier molecular flexibility index (Phi) is 3.15. The van der Waals surface area contributed by atoms with Crippen LogP contribution >= 0.6 is 12.2 Å². The molecule has 1 N–H and O–H groups in total. The van der Waals surface area contributed by atoms with Crippen LogP contribution in [0.4, 0.5) is 0 Å². The Morgan fingerprint density at radius 1 is 1.35 bits per heavy atom. The van der Waals surface area contributed by atoms with E-state index in [4.69, 9.17) is 12.2 Å². The summed E-state index contributed by atoms with van der Waals surface area (Å²) in [5, 5.41) is 8.06. The molecule has 0 spiro atoms. The van der Waals surface area contributed by atoms with Crippen molar-refractivity contribution >= 4 is 12.2 Å². The molecule has 1 unspecified atom stereocenters. The molecule has 2 heterocycles. The molecule has 0 aliphatic heterocycles. The summed E-state index contributed by atoms with van der Waals surface area (Å²) in [5.74, 6) is 1.32. The van der Waals surface area contributed by atoms with Gasteiger partial charge in [-0.1, -0.05) is 13.8 Å². The standard InChI is InChI=1S/C11H17N5S/c1-7(2)9-5-12-11(17)16(9)8(3)10-14-13-6-15(10)4/h5-8H,1-4H3,(H,12,17). The van der Waals surface area contributed by atoms with Crippen LogP contribution < -0.4 is 0 Å². The van der Waals surface area contributed by atoms with E-state index >= 15 is 0 Å². The maximum Gasteiger partial charge on any atom is 0.178 e. The second kappa shape index (κ2) is 4.44. The van der Waals surface area contributed by atoms with Gasteiger partial charge in [-0.15, -0.1) is 10.2 Å². The number of hydrogen-bond donors (Lipinski definition) is 1. The van der Waals surface area contributed by atoms with Crippen molar-refractivity contribution in [3.8, 4) is 0 Å². The van der Waals surface area contributed by atoms with Crippen molar-refractivity contribution in [3.63, 3.8) is 0 Å². The van der Waals surface area contributed by atoms with Crippen LogP contribution in [-0.2, 0) is 7.05 Å². The van der Waals surface area contributed by atoms with Gasteiger partial charge in [0.25, 0.3) is 0 Å². The third kappa shape index (κ3) is 2.04. The minimum absolute atomic E-state index is 0.0821. The van der Waals surface area contributed by atoms with Crippen molar-refractivity contribution in [1.29, 1.82) is 0 Å². The quantitative estimate of drug-likeness (QED) is 0.852. The van der Waals surface area contributed by atoms with Gasteiger partial charge in [0.15, 0.2) is 10.6 Å². The fourth-order valence-corrected chi connectivity index (χ4v) is 2.34. The zero-order valence-corrected chi connectivity index (χ0v) is 11.3. The number of nitrogens with one attached hydrogen (secondary N) is 1. The minimum atomic E-state index is 0.0821. The highest BCUT2D eigenvalue weighted by atomic mass is 32.1. The van der Waals surface area contributed by atoms with Gasteiger partial charge in [-0.3, -0.25) is 0 Å². The van der Waals surface area contributed by atoms with Crippen LogP contribution in [-0.4, -0.2) is 24.3 Å². The minimum Gasteiger partial charge on any atom is -0.337 e. The Hall–Kier alpha value is -1.43. The number of aromatic amines is 1. The van der Waals surface area contributed by atoms with Crippen LogP contribution in [0.1, 0.15) is 44.2 Å². The molecule has 0 aromatic carbocycles. The Balaban J connectivity index is 2.51. The third-order valence-corrected chi connectivity index (χ3v) is 3.25. The van der Waals surface area contributed by atoms with Crippen LogP contribution in [0, 0.1) is 4.77 Å². The van der Waals surface area contributed by atoms with Crippen LogP contribution in [0.3, 0.4) is 0 Å². The summed E-state index contributed by atoms with van der Waals surface area (Å²) in [5.41, 5.74) is 1.19. The first-order chi connectivity index (χ1) is 8.02. The number of aromatic nitrogens is 5. The zero-order valence-electron chi connectivity index (χ0n) is 10.5. The molecule has 17 heavy (non-hydrogen) atoms. The molecule has 0 amide bonds. The molecule has 2 aromatic rings. The first-order valence-electron chi connectivity index (χ1n) is 5.66. The zero-order chi connectivity index (χ0) is 12.6. The monoisotopic (exact) mass is 251 g/mol. The number of nitrogens with zero attached hydrogens (tertiary/aromatic N) is 4. The van der Waals surface area contributed by atoms with E-state index in [0.29, 0.717) is 5.92 Å². The van der Waals surface area contributed by atoms with Crippen molar-refractivity contribution in [3.05, 3.63) is 28.8 Å². The molecule has 1 atom stereocenters. The molecular formula is C11H17N5S. The average Bonchev–Trinajstić information content (AvgIpc) is 2.83. The molecule has 0 aliphatic rings. The molecule has 0 saturated carbocycles. The predicted molar refractivity (Wildman–Crippen MR) is 68.5 cm³/mol. The van der Waals surface area contributed by atoms with Gasteiger partial charge in [0, 0.05) is 18.9 Å². The molecule has 6 heteroatoms. The van der Waals surface area contributed by atoms with E-state index in [1.54, 1.807) is 6.33 Å². The fourth-order valence-electron chi connectivity index (χ4n) is 2.02. The summed E-state index contributed by atoms with van der Waals surface area (Å²) in [6, 6.07) is 0.0821. The highest BCUT2D eigenvalue weighted by molar-refractivity contribution is 7.71. The van der Waals surface area contributed by atoms with Gasteiger partial charge in [0.2, 0.25) is 0 Å².